The molecular weight excluding hydrogens is 470 g/mol. The molecule has 3 heterocycles. The number of amides is 1. The van der Waals surface area contributed by atoms with Crippen molar-refractivity contribution in [2.24, 2.45) is 0 Å². The molecule has 1 aromatic heterocycles. The summed E-state index contributed by atoms with van der Waals surface area (Å²) in [5.74, 6) is 0.286. The van der Waals surface area contributed by atoms with Crippen LogP contribution in [0.5, 0.6) is 5.75 Å². The van der Waals surface area contributed by atoms with E-state index >= 15 is 0 Å². The molecule has 5 rings (SSSR count). The Balaban J connectivity index is 1.41. The van der Waals surface area contributed by atoms with Crippen molar-refractivity contribution in [3.63, 3.8) is 0 Å². The summed E-state index contributed by atoms with van der Waals surface area (Å²) in [5, 5.41) is 0.859. The summed E-state index contributed by atoms with van der Waals surface area (Å²) in [6.07, 6.45) is 0.518. The minimum atomic E-state index is -3.39. The number of ether oxygens (including phenoxy) is 1. The fourth-order valence-corrected chi connectivity index (χ4v) is 5.90. The van der Waals surface area contributed by atoms with Crippen LogP contribution in [0.15, 0.2) is 39.5 Å². The zero-order chi connectivity index (χ0) is 24.9. The van der Waals surface area contributed by atoms with Gasteiger partial charge in [-0.1, -0.05) is 0 Å². The van der Waals surface area contributed by atoms with E-state index in [1.165, 1.54) is 0 Å². The van der Waals surface area contributed by atoms with E-state index in [1.54, 1.807) is 23.1 Å². The number of carbonyl (C=O) groups is 1. The first-order valence-corrected chi connectivity index (χ1v) is 13.1. The zero-order valence-electron chi connectivity index (χ0n) is 19.9. The molecule has 2 aliphatic heterocycles. The fourth-order valence-electron chi connectivity index (χ4n) is 4.65. The van der Waals surface area contributed by atoms with Gasteiger partial charge < -0.3 is 19.0 Å². The first-order chi connectivity index (χ1) is 16.6. The predicted octanol–water partition coefficient (Wildman–Crippen LogP) is 2.50. The topological polar surface area (TPSA) is 109 Å². The summed E-state index contributed by atoms with van der Waals surface area (Å²) >= 11 is 0. The number of fused-ring (bicyclic) bond motifs is 4. The lowest BCUT2D eigenvalue weighted by atomic mass is 9.95. The van der Waals surface area contributed by atoms with Crippen LogP contribution in [0.4, 0.5) is 5.69 Å². The normalized spacial score (nSPS) is 16.2. The summed E-state index contributed by atoms with van der Waals surface area (Å²) in [5.41, 5.74) is 3.67. The molecule has 184 valence electrons. The van der Waals surface area contributed by atoms with E-state index in [1.807, 2.05) is 38.1 Å². The van der Waals surface area contributed by atoms with E-state index < -0.39 is 15.6 Å². The van der Waals surface area contributed by atoms with Crippen molar-refractivity contribution < 1.29 is 22.4 Å². The second-order valence-corrected chi connectivity index (χ2v) is 11.0. The largest absolute Gasteiger partial charge is 0.492 e. The Morgan fingerprint density at radius 2 is 2.00 bits per heavy atom. The number of benzene rings is 2. The van der Waals surface area contributed by atoms with Gasteiger partial charge in [-0.2, -0.15) is 0 Å². The van der Waals surface area contributed by atoms with E-state index in [9.17, 15) is 18.0 Å². The molecule has 3 aromatic rings. The summed E-state index contributed by atoms with van der Waals surface area (Å²) < 4.78 is 37.7. The molecule has 1 amide bonds. The van der Waals surface area contributed by atoms with Crippen molar-refractivity contribution in [1.29, 1.82) is 0 Å². The number of rotatable bonds is 5. The van der Waals surface area contributed by atoms with Crippen LogP contribution in [0.3, 0.4) is 0 Å². The zero-order valence-corrected chi connectivity index (χ0v) is 20.7. The Morgan fingerprint density at radius 3 is 2.77 bits per heavy atom. The highest BCUT2D eigenvalue weighted by Crippen LogP contribution is 2.33. The van der Waals surface area contributed by atoms with Gasteiger partial charge in [0.2, 0.25) is 10.0 Å². The van der Waals surface area contributed by atoms with Crippen molar-refractivity contribution >= 4 is 32.6 Å². The molecule has 35 heavy (non-hydrogen) atoms. The molecule has 0 spiro atoms. The van der Waals surface area contributed by atoms with Gasteiger partial charge in [0, 0.05) is 29.6 Å². The number of hydrogen-bond donors (Lipinski definition) is 1. The molecule has 2 aliphatic rings. The number of anilines is 1. The molecule has 0 saturated carbocycles. The molecule has 1 N–H and O–H groups in total. The third-order valence-electron chi connectivity index (χ3n) is 6.51. The summed E-state index contributed by atoms with van der Waals surface area (Å²) in [7, 11) is 0.554. The van der Waals surface area contributed by atoms with Gasteiger partial charge >= 0.3 is 5.63 Å². The van der Waals surface area contributed by atoms with Gasteiger partial charge in [-0.3, -0.25) is 9.52 Å². The maximum atomic E-state index is 13.2. The van der Waals surface area contributed by atoms with Crippen molar-refractivity contribution in [3.8, 4) is 5.75 Å². The van der Waals surface area contributed by atoms with E-state index in [-0.39, 0.29) is 18.2 Å². The first kappa shape index (κ1) is 23.4. The van der Waals surface area contributed by atoms with E-state index in [0.717, 1.165) is 23.1 Å². The van der Waals surface area contributed by atoms with E-state index in [0.29, 0.717) is 53.3 Å². The molecule has 0 fully saturated rings. The van der Waals surface area contributed by atoms with Gasteiger partial charge in [0.15, 0.2) is 0 Å². The molecule has 0 bridgehead atoms. The predicted molar refractivity (Wildman–Crippen MR) is 132 cm³/mol. The maximum Gasteiger partial charge on any atom is 0.341 e. The Hall–Kier alpha value is -3.37. The summed E-state index contributed by atoms with van der Waals surface area (Å²) in [6.45, 7) is 3.75. The van der Waals surface area contributed by atoms with Crippen LogP contribution in [0, 0.1) is 6.92 Å². The molecule has 0 atom stereocenters. The number of carbonyl (C=O) groups excluding carboxylic acids is 1. The number of hydrogen-bond acceptors (Lipinski definition) is 7. The van der Waals surface area contributed by atoms with Crippen LogP contribution in [0.2, 0.25) is 0 Å². The quantitative estimate of drug-likeness (QED) is 0.540. The lowest BCUT2D eigenvalue weighted by Gasteiger charge is -2.29. The average molecular weight is 498 g/mol. The Labute approximate surface area is 203 Å². The Bertz CT molecular complexity index is 1510. The SMILES string of the molecule is Cc1c(OCCN(C)C)ccc2c3c(c(=O)oc12)CN(C(=O)c1ccc2c(c1)CS(=O)(=O)N2)CC3. The number of aryl methyl sites for hydroxylation is 1. The monoisotopic (exact) mass is 497 g/mol. The van der Waals surface area contributed by atoms with Gasteiger partial charge in [0.25, 0.3) is 5.91 Å². The maximum absolute atomic E-state index is 13.2. The van der Waals surface area contributed by atoms with Crippen LogP contribution < -0.4 is 15.1 Å². The lowest BCUT2D eigenvalue weighted by Crippen LogP contribution is -2.38. The second-order valence-electron chi connectivity index (χ2n) is 9.27. The number of nitrogens with one attached hydrogen (secondary N) is 1. The minimum absolute atomic E-state index is 0.139. The van der Waals surface area contributed by atoms with Crippen molar-refractivity contribution in [2.75, 3.05) is 38.5 Å². The molecule has 0 saturated heterocycles. The van der Waals surface area contributed by atoms with E-state index in [2.05, 4.69) is 4.72 Å². The van der Waals surface area contributed by atoms with Gasteiger partial charge in [-0.05, 0) is 68.9 Å². The smallest absolute Gasteiger partial charge is 0.341 e. The third-order valence-corrected chi connectivity index (χ3v) is 7.74. The lowest BCUT2D eigenvalue weighted by molar-refractivity contribution is 0.0733. The van der Waals surface area contributed by atoms with Gasteiger partial charge in [-0.25, -0.2) is 13.2 Å². The second kappa shape index (κ2) is 8.69. The molecule has 10 heteroatoms. The number of likely N-dealkylation sites (N-methyl/N-ethyl adjacent to an activating group) is 1. The molecule has 0 aliphatic carbocycles. The highest BCUT2D eigenvalue weighted by molar-refractivity contribution is 7.92. The standard InChI is InChI=1S/C25H27N3O6S/c1-15-22(33-11-10-27(2)3)7-5-19-18-8-9-28(13-20(18)25(30)34-23(15)19)24(29)16-4-6-21-17(12-16)14-35(31,32)26-21/h4-7,12,26H,8-11,13-14H2,1-3H3. The van der Waals surface area contributed by atoms with Gasteiger partial charge in [-0.15, -0.1) is 0 Å². The van der Waals surface area contributed by atoms with Crippen molar-refractivity contribution in [3.05, 3.63) is 68.6 Å². The molecular formula is C25H27N3O6S. The van der Waals surface area contributed by atoms with Crippen LogP contribution in [-0.4, -0.2) is 57.9 Å². The first-order valence-electron chi connectivity index (χ1n) is 11.4. The highest BCUT2D eigenvalue weighted by Gasteiger charge is 2.29. The van der Waals surface area contributed by atoms with Gasteiger partial charge in [0.05, 0.1) is 23.5 Å². The van der Waals surface area contributed by atoms with Gasteiger partial charge in [0.1, 0.15) is 17.9 Å². The molecule has 0 radical (unpaired) electrons. The Kier molecular flexibility index (Phi) is 5.80. The number of sulfonamides is 1. The number of nitrogens with zero attached hydrogens (tertiary/aromatic N) is 2. The summed E-state index contributed by atoms with van der Waals surface area (Å²) in [4.78, 5) is 29.8. The molecule has 2 aromatic carbocycles. The highest BCUT2D eigenvalue weighted by atomic mass is 32.2. The minimum Gasteiger partial charge on any atom is -0.492 e. The van der Waals surface area contributed by atoms with Crippen LogP contribution in [-0.2, 0) is 28.7 Å². The van der Waals surface area contributed by atoms with Crippen LogP contribution >= 0.6 is 0 Å². The van der Waals surface area contributed by atoms with E-state index in [4.69, 9.17) is 9.15 Å². The fraction of sp³-hybridized carbons (Fsp3) is 0.360. The van der Waals surface area contributed by atoms with Crippen LogP contribution in [0.25, 0.3) is 11.0 Å². The third kappa shape index (κ3) is 4.39. The Morgan fingerprint density at radius 1 is 1.20 bits per heavy atom. The average Bonchev–Trinajstić information content (AvgIpc) is 3.13. The molecule has 0 unspecified atom stereocenters. The van der Waals surface area contributed by atoms with Crippen molar-refractivity contribution in [2.45, 2.75) is 25.6 Å². The van der Waals surface area contributed by atoms with Crippen molar-refractivity contribution in [1.82, 2.24) is 9.80 Å². The van der Waals surface area contributed by atoms with Crippen LogP contribution in [0.1, 0.15) is 32.6 Å². The summed E-state index contributed by atoms with van der Waals surface area (Å²) in [6, 6.07) is 8.63. The molecule has 9 nitrogen and oxygen atoms in total.